The second-order valence-electron chi connectivity index (χ2n) is 15.9. The van der Waals surface area contributed by atoms with E-state index < -0.39 is 0 Å². The van der Waals surface area contributed by atoms with E-state index in [1.54, 1.807) is 0 Å². The summed E-state index contributed by atoms with van der Waals surface area (Å²) in [6, 6.07) is 0.469. The molecule has 0 fully saturated rings. The molecule has 7 nitrogen and oxygen atoms in total. The Labute approximate surface area is 332 Å². The Kier molecular flexibility index (Phi) is 35.6. The summed E-state index contributed by atoms with van der Waals surface area (Å²) in [4.78, 5) is 39.5. The fourth-order valence-electron chi connectivity index (χ4n) is 6.55. The summed E-state index contributed by atoms with van der Waals surface area (Å²) < 4.78 is 17.0. The van der Waals surface area contributed by atoms with Crippen LogP contribution in [0.1, 0.15) is 202 Å². The highest BCUT2D eigenvalue weighted by atomic mass is 16.5. The highest BCUT2D eigenvalue weighted by Gasteiger charge is 2.16. The third-order valence-electron chi connectivity index (χ3n) is 10.3. The number of ether oxygens (including phenoxy) is 3. The molecule has 0 aliphatic heterocycles. The average molecular weight is 758 g/mol. The molecule has 0 rings (SSSR count). The van der Waals surface area contributed by atoms with Crippen molar-refractivity contribution in [2.24, 2.45) is 11.8 Å². The minimum atomic E-state index is -0.138. The minimum absolute atomic E-state index is 0.00700. The Morgan fingerprint density at radius 3 is 1.67 bits per heavy atom. The Morgan fingerprint density at radius 2 is 1.13 bits per heavy atom. The van der Waals surface area contributed by atoms with Crippen LogP contribution in [0.15, 0.2) is 29.8 Å². The van der Waals surface area contributed by atoms with Gasteiger partial charge in [0.05, 0.1) is 19.6 Å². The van der Waals surface area contributed by atoms with E-state index in [0.717, 1.165) is 135 Å². The van der Waals surface area contributed by atoms with Crippen LogP contribution in [-0.4, -0.2) is 61.8 Å². The molecule has 0 bridgehead atoms. The first-order valence-corrected chi connectivity index (χ1v) is 22.2. The molecule has 0 saturated heterocycles. The molecular weight excluding hydrogens is 675 g/mol. The van der Waals surface area contributed by atoms with Crippen molar-refractivity contribution in [3.63, 3.8) is 0 Å². The maximum atomic E-state index is 12.7. The number of carbonyl (C=O) groups is 3. The van der Waals surface area contributed by atoms with E-state index in [9.17, 15) is 14.4 Å². The van der Waals surface area contributed by atoms with Gasteiger partial charge in [0.2, 0.25) is 0 Å². The monoisotopic (exact) mass is 758 g/mol. The molecule has 0 aromatic carbocycles. The van der Waals surface area contributed by atoms with Gasteiger partial charge in [-0.25, -0.2) is 0 Å². The predicted octanol–water partition coefficient (Wildman–Crippen LogP) is 12.4. The molecule has 0 saturated carbocycles. The zero-order valence-electron chi connectivity index (χ0n) is 36.0. The van der Waals surface area contributed by atoms with Crippen LogP contribution < -0.4 is 0 Å². The molecule has 7 heteroatoms. The van der Waals surface area contributed by atoms with Crippen molar-refractivity contribution in [2.75, 3.05) is 26.8 Å². The van der Waals surface area contributed by atoms with Crippen LogP contribution in [0.4, 0.5) is 0 Å². The molecule has 0 amide bonds. The molecule has 0 aliphatic carbocycles. The van der Waals surface area contributed by atoms with Crippen LogP contribution in [-0.2, 0) is 28.6 Å². The smallest absolute Gasteiger partial charge is 0.306 e. The van der Waals surface area contributed by atoms with Crippen LogP contribution in [0, 0.1) is 11.8 Å². The third kappa shape index (κ3) is 34.0. The highest BCUT2D eigenvalue weighted by Crippen LogP contribution is 2.19. The highest BCUT2D eigenvalue weighted by molar-refractivity contribution is 5.70. The zero-order valence-corrected chi connectivity index (χ0v) is 36.0. The van der Waals surface area contributed by atoms with Crippen molar-refractivity contribution < 1.29 is 28.6 Å². The fraction of sp³-hybridized carbons (Fsp3) is 0.830. The largest absolute Gasteiger partial charge is 0.466 e. The van der Waals surface area contributed by atoms with E-state index in [1.807, 2.05) is 6.08 Å². The van der Waals surface area contributed by atoms with E-state index in [2.05, 4.69) is 70.3 Å². The van der Waals surface area contributed by atoms with E-state index in [4.69, 9.17) is 14.2 Å². The number of rotatable bonds is 37. The number of hydrogen-bond donors (Lipinski definition) is 0. The average Bonchev–Trinajstić information content (AvgIpc) is 3.13. The lowest BCUT2D eigenvalue weighted by Crippen LogP contribution is -2.28. The van der Waals surface area contributed by atoms with Gasteiger partial charge in [-0.05, 0) is 109 Å². The van der Waals surface area contributed by atoms with Crippen molar-refractivity contribution in [3.05, 3.63) is 29.8 Å². The molecule has 312 valence electrons. The Hall–Kier alpha value is -2.55. The third-order valence-corrected chi connectivity index (χ3v) is 10.3. The lowest BCUT2D eigenvalue weighted by molar-refractivity contribution is -0.150. The summed E-state index contributed by atoms with van der Waals surface area (Å²) in [6.07, 6.45) is 27.9. The van der Waals surface area contributed by atoms with Crippen LogP contribution in [0.3, 0.4) is 0 Å². The normalized spacial score (nSPS) is 12.7. The minimum Gasteiger partial charge on any atom is -0.466 e. The summed E-state index contributed by atoms with van der Waals surface area (Å²) >= 11 is 0. The summed E-state index contributed by atoms with van der Waals surface area (Å²) in [6.45, 7) is 16.3. The van der Waals surface area contributed by atoms with Gasteiger partial charge in [-0.1, -0.05) is 129 Å². The first-order chi connectivity index (χ1) is 26.1. The Bertz CT molecular complexity index is 1050. The SMILES string of the molecule is C=C=C=C=CC(CCCCC)CC(=O)OCCCCCCCCC(CCCCCCCCOC(=O)CC(C)CCCCC)OC(=O)CCCN(C)C(C)C. The van der Waals surface area contributed by atoms with E-state index >= 15 is 0 Å². The lowest BCUT2D eigenvalue weighted by Gasteiger charge is -2.21. The quantitative estimate of drug-likeness (QED) is 0.0270. The summed E-state index contributed by atoms with van der Waals surface area (Å²) in [5.41, 5.74) is 8.24. The second kappa shape index (κ2) is 37.4. The fourth-order valence-corrected chi connectivity index (χ4v) is 6.55. The van der Waals surface area contributed by atoms with Gasteiger partial charge in [0.25, 0.3) is 0 Å². The Morgan fingerprint density at radius 1 is 0.630 bits per heavy atom. The maximum Gasteiger partial charge on any atom is 0.306 e. The molecule has 0 spiro atoms. The van der Waals surface area contributed by atoms with E-state index in [0.29, 0.717) is 44.4 Å². The number of esters is 3. The van der Waals surface area contributed by atoms with Gasteiger partial charge in [0, 0.05) is 18.9 Å². The summed E-state index contributed by atoms with van der Waals surface area (Å²) in [7, 11) is 2.10. The molecule has 0 aromatic rings. The molecule has 0 radical (unpaired) electrons. The molecule has 0 aromatic heterocycles. The van der Waals surface area contributed by atoms with Gasteiger partial charge in [0.1, 0.15) is 6.10 Å². The second-order valence-corrected chi connectivity index (χ2v) is 15.9. The van der Waals surface area contributed by atoms with Crippen LogP contribution in [0.5, 0.6) is 0 Å². The molecule has 0 N–H and O–H groups in total. The van der Waals surface area contributed by atoms with Gasteiger partial charge in [-0.15, -0.1) is 0 Å². The molecule has 0 aliphatic rings. The number of carbonyl (C=O) groups excluding carboxylic acids is 3. The van der Waals surface area contributed by atoms with Gasteiger partial charge in [-0.3, -0.25) is 14.4 Å². The Balaban J connectivity index is 4.38. The number of nitrogens with zero attached hydrogens (tertiary/aromatic N) is 1. The molecule has 3 atom stereocenters. The van der Waals surface area contributed by atoms with Gasteiger partial charge in [0.15, 0.2) is 0 Å². The van der Waals surface area contributed by atoms with E-state index in [1.165, 1.54) is 19.3 Å². The first-order valence-electron chi connectivity index (χ1n) is 22.2. The summed E-state index contributed by atoms with van der Waals surface area (Å²) in [5, 5.41) is 0. The maximum absolute atomic E-state index is 12.7. The zero-order chi connectivity index (χ0) is 40.1. The topological polar surface area (TPSA) is 82.1 Å². The first kappa shape index (κ1) is 51.5. The number of hydrogen-bond acceptors (Lipinski definition) is 7. The lowest BCUT2D eigenvalue weighted by atomic mass is 9.98. The van der Waals surface area contributed by atoms with Crippen molar-refractivity contribution in [1.82, 2.24) is 4.90 Å². The molecule has 3 unspecified atom stereocenters. The van der Waals surface area contributed by atoms with Gasteiger partial charge in [-0.2, -0.15) is 0 Å². The van der Waals surface area contributed by atoms with Gasteiger partial charge >= 0.3 is 17.9 Å². The molecule has 54 heavy (non-hydrogen) atoms. The number of allylic oxidation sites excluding steroid dienone is 1. The van der Waals surface area contributed by atoms with Crippen molar-refractivity contribution in [3.8, 4) is 0 Å². The summed E-state index contributed by atoms with van der Waals surface area (Å²) in [5.74, 6) is 0.273. The van der Waals surface area contributed by atoms with Crippen molar-refractivity contribution in [1.29, 1.82) is 0 Å². The van der Waals surface area contributed by atoms with Crippen molar-refractivity contribution >= 4 is 17.9 Å². The van der Waals surface area contributed by atoms with Crippen molar-refractivity contribution in [2.45, 2.75) is 214 Å². The number of unbranched alkanes of at least 4 members (excludes halogenated alkanes) is 14. The molecule has 0 heterocycles. The van der Waals surface area contributed by atoms with E-state index in [-0.39, 0.29) is 29.9 Å². The molecular formula is C47H83NO6. The van der Waals surface area contributed by atoms with Crippen LogP contribution >= 0.6 is 0 Å². The predicted molar refractivity (Wildman–Crippen MR) is 224 cm³/mol. The van der Waals surface area contributed by atoms with Crippen LogP contribution in [0.25, 0.3) is 0 Å². The standard InChI is InChI=1S/C47H83NO6/c1-8-11-22-30-42(6)39-46(50)52-37-27-20-16-14-18-25-33-44(54-45(49)35-29-36-48(7)41(4)5)34-26-19-15-17-21-28-38-53-47(51)40-43(31-23-12-9-2)32-24-13-10-3/h31,41-44H,2,8,10-11,13-22,24-30,32-40H2,1,3-7H3. The van der Waals surface area contributed by atoms with Gasteiger partial charge < -0.3 is 19.1 Å². The van der Waals surface area contributed by atoms with Crippen LogP contribution in [0.2, 0.25) is 0 Å².